The molecule has 2 heterocycles. The van der Waals surface area contributed by atoms with Crippen molar-refractivity contribution in [1.29, 1.82) is 0 Å². The lowest BCUT2D eigenvalue weighted by Crippen LogP contribution is -2.38. The highest BCUT2D eigenvalue weighted by Gasteiger charge is 2.23. The van der Waals surface area contributed by atoms with Gasteiger partial charge in [0, 0.05) is 23.7 Å². The van der Waals surface area contributed by atoms with Crippen LogP contribution in [0, 0.1) is 0 Å². The highest BCUT2D eigenvalue weighted by molar-refractivity contribution is 6.30. The van der Waals surface area contributed by atoms with Crippen molar-refractivity contribution in [2.24, 2.45) is 0 Å². The van der Waals surface area contributed by atoms with Crippen LogP contribution in [0.3, 0.4) is 0 Å². The molecule has 1 aliphatic rings. The standard InChI is InChI=1S/C19H18ClN3O2/c20-16-8-6-14(7-9-16)17-12-23(10-11-24-17)13-18-21-19(25-22-18)15-4-2-1-3-5-15/h1-9,17H,10-13H2/t17-/m0/s1. The minimum absolute atomic E-state index is 0.0338. The quantitative estimate of drug-likeness (QED) is 0.709. The van der Waals surface area contributed by atoms with E-state index in [1.807, 2.05) is 54.6 Å². The van der Waals surface area contributed by atoms with Gasteiger partial charge in [0.2, 0.25) is 0 Å². The van der Waals surface area contributed by atoms with Crippen LogP contribution in [0.25, 0.3) is 11.5 Å². The molecule has 4 rings (SSSR count). The van der Waals surface area contributed by atoms with Crippen molar-refractivity contribution in [2.75, 3.05) is 19.7 Å². The lowest BCUT2D eigenvalue weighted by atomic mass is 10.1. The van der Waals surface area contributed by atoms with E-state index in [2.05, 4.69) is 15.0 Å². The van der Waals surface area contributed by atoms with Gasteiger partial charge in [-0.15, -0.1) is 0 Å². The van der Waals surface area contributed by atoms with Gasteiger partial charge in [-0.05, 0) is 29.8 Å². The van der Waals surface area contributed by atoms with Crippen molar-refractivity contribution in [2.45, 2.75) is 12.6 Å². The molecule has 0 N–H and O–H groups in total. The van der Waals surface area contributed by atoms with Gasteiger partial charge >= 0.3 is 0 Å². The zero-order valence-corrected chi connectivity index (χ0v) is 14.4. The van der Waals surface area contributed by atoms with Gasteiger partial charge < -0.3 is 9.26 Å². The van der Waals surface area contributed by atoms with E-state index < -0.39 is 0 Å². The van der Waals surface area contributed by atoms with Gasteiger partial charge in [0.05, 0.1) is 19.3 Å². The van der Waals surface area contributed by atoms with E-state index >= 15 is 0 Å². The third-order valence-corrected chi connectivity index (χ3v) is 4.50. The largest absolute Gasteiger partial charge is 0.371 e. The summed E-state index contributed by atoms with van der Waals surface area (Å²) in [4.78, 5) is 6.79. The molecule has 0 bridgehead atoms. The number of ether oxygens (including phenoxy) is 1. The molecule has 6 heteroatoms. The van der Waals surface area contributed by atoms with Crippen molar-refractivity contribution < 1.29 is 9.26 Å². The van der Waals surface area contributed by atoms with Gasteiger partial charge in [-0.3, -0.25) is 4.90 Å². The molecule has 1 aliphatic heterocycles. The predicted octanol–water partition coefficient (Wildman–Crippen LogP) is 3.96. The number of hydrogen-bond acceptors (Lipinski definition) is 5. The first-order valence-electron chi connectivity index (χ1n) is 8.25. The number of aromatic nitrogens is 2. The van der Waals surface area contributed by atoms with E-state index in [4.69, 9.17) is 20.9 Å². The van der Waals surface area contributed by atoms with E-state index in [-0.39, 0.29) is 6.10 Å². The Bertz CT molecular complexity index is 820. The molecular formula is C19H18ClN3O2. The molecule has 0 amide bonds. The highest BCUT2D eigenvalue weighted by atomic mass is 35.5. The maximum Gasteiger partial charge on any atom is 0.257 e. The van der Waals surface area contributed by atoms with Gasteiger partial charge in [-0.2, -0.15) is 4.98 Å². The average molecular weight is 356 g/mol. The number of halogens is 1. The summed E-state index contributed by atoms with van der Waals surface area (Å²) in [5.74, 6) is 1.24. The van der Waals surface area contributed by atoms with Crippen LogP contribution < -0.4 is 0 Å². The first kappa shape index (κ1) is 16.3. The second-order valence-electron chi connectivity index (χ2n) is 6.03. The van der Waals surface area contributed by atoms with E-state index in [0.29, 0.717) is 24.9 Å². The highest BCUT2D eigenvalue weighted by Crippen LogP contribution is 2.24. The summed E-state index contributed by atoms with van der Waals surface area (Å²) < 4.78 is 11.3. The molecule has 0 unspecified atom stereocenters. The molecule has 25 heavy (non-hydrogen) atoms. The Kier molecular flexibility index (Phi) is 4.78. The maximum atomic E-state index is 5.96. The number of morpholine rings is 1. The zero-order valence-electron chi connectivity index (χ0n) is 13.6. The molecule has 3 aromatic rings. The fourth-order valence-corrected chi connectivity index (χ4v) is 3.07. The van der Waals surface area contributed by atoms with Gasteiger partial charge in [0.15, 0.2) is 5.82 Å². The summed E-state index contributed by atoms with van der Waals surface area (Å²) in [6, 6.07) is 17.6. The molecule has 0 radical (unpaired) electrons. The smallest absolute Gasteiger partial charge is 0.257 e. The second kappa shape index (κ2) is 7.35. The fourth-order valence-electron chi connectivity index (χ4n) is 2.94. The van der Waals surface area contributed by atoms with Crippen LogP contribution in [-0.2, 0) is 11.3 Å². The Hall–Kier alpha value is -2.21. The lowest BCUT2D eigenvalue weighted by molar-refractivity contribution is -0.0338. The molecule has 128 valence electrons. The normalized spacial score (nSPS) is 18.4. The summed E-state index contributed by atoms with van der Waals surface area (Å²) >= 11 is 5.96. The monoisotopic (exact) mass is 355 g/mol. The van der Waals surface area contributed by atoms with Crippen LogP contribution in [0.15, 0.2) is 59.1 Å². The Morgan fingerprint density at radius 1 is 1.08 bits per heavy atom. The average Bonchev–Trinajstić information content (AvgIpc) is 3.12. The Balaban J connectivity index is 1.42. The van der Waals surface area contributed by atoms with Crippen molar-refractivity contribution in [3.8, 4) is 11.5 Å². The topological polar surface area (TPSA) is 51.4 Å². The van der Waals surface area contributed by atoms with Gasteiger partial charge in [0.1, 0.15) is 0 Å². The Morgan fingerprint density at radius 2 is 1.88 bits per heavy atom. The zero-order chi connectivity index (χ0) is 17.1. The predicted molar refractivity (Wildman–Crippen MR) is 95.2 cm³/mol. The van der Waals surface area contributed by atoms with Crippen LogP contribution in [0.1, 0.15) is 17.5 Å². The van der Waals surface area contributed by atoms with E-state index in [9.17, 15) is 0 Å². The van der Waals surface area contributed by atoms with Crippen molar-refractivity contribution in [3.05, 3.63) is 71.0 Å². The number of nitrogens with zero attached hydrogens (tertiary/aromatic N) is 3. The third kappa shape index (κ3) is 3.90. The molecule has 0 saturated carbocycles. The molecule has 5 nitrogen and oxygen atoms in total. The fraction of sp³-hybridized carbons (Fsp3) is 0.263. The molecule has 1 fully saturated rings. The van der Waals surface area contributed by atoms with Gasteiger partial charge in [-0.25, -0.2) is 0 Å². The third-order valence-electron chi connectivity index (χ3n) is 4.25. The van der Waals surface area contributed by atoms with Crippen molar-refractivity contribution in [3.63, 3.8) is 0 Å². The lowest BCUT2D eigenvalue weighted by Gasteiger charge is -2.32. The summed E-state index contributed by atoms with van der Waals surface area (Å²) in [6.45, 7) is 2.95. The molecule has 1 aromatic heterocycles. The maximum absolute atomic E-state index is 5.96. The second-order valence-corrected chi connectivity index (χ2v) is 6.46. The number of hydrogen-bond donors (Lipinski definition) is 0. The molecular weight excluding hydrogens is 338 g/mol. The van der Waals surface area contributed by atoms with Crippen LogP contribution in [0.5, 0.6) is 0 Å². The SMILES string of the molecule is Clc1ccc([C@@H]2CN(Cc3noc(-c4ccccc4)n3)CCO2)cc1. The van der Waals surface area contributed by atoms with E-state index in [1.165, 1.54) is 0 Å². The molecule has 0 spiro atoms. The summed E-state index contributed by atoms with van der Waals surface area (Å²) in [5.41, 5.74) is 2.06. The molecule has 1 atom stereocenters. The minimum Gasteiger partial charge on any atom is -0.371 e. The van der Waals surface area contributed by atoms with E-state index in [1.54, 1.807) is 0 Å². The van der Waals surface area contributed by atoms with Crippen LogP contribution in [-0.4, -0.2) is 34.7 Å². The molecule has 2 aromatic carbocycles. The Labute approximate surface area is 151 Å². The molecule has 0 aliphatic carbocycles. The van der Waals surface area contributed by atoms with E-state index in [0.717, 1.165) is 29.2 Å². The first-order valence-corrected chi connectivity index (χ1v) is 8.63. The molecule has 1 saturated heterocycles. The van der Waals surface area contributed by atoms with Crippen LogP contribution in [0.4, 0.5) is 0 Å². The summed E-state index contributed by atoms with van der Waals surface area (Å²) in [5, 5.41) is 4.84. The van der Waals surface area contributed by atoms with Crippen LogP contribution in [0.2, 0.25) is 5.02 Å². The summed E-state index contributed by atoms with van der Waals surface area (Å²) in [7, 11) is 0. The van der Waals surface area contributed by atoms with Gasteiger partial charge in [-0.1, -0.05) is 47.1 Å². The number of benzene rings is 2. The van der Waals surface area contributed by atoms with Crippen molar-refractivity contribution in [1.82, 2.24) is 15.0 Å². The number of rotatable bonds is 4. The van der Waals surface area contributed by atoms with Crippen LogP contribution >= 0.6 is 11.6 Å². The van der Waals surface area contributed by atoms with Crippen molar-refractivity contribution >= 4 is 11.6 Å². The minimum atomic E-state index is 0.0338. The first-order chi connectivity index (χ1) is 12.3. The van der Waals surface area contributed by atoms with Gasteiger partial charge in [0.25, 0.3) is 5.89 Å². The summed E-state index contributed by atoms with van der Waals surface area (Å²) in [6.07, 6.45) is 0.0338. The Morgan fingerprint density at radius 3 is 2.68 bits per heavy atom.